The normalized spacial score (nSPS) is 11.9. The van der Waals surface area contributed by atoms with Crippen LogP contribution in [0.25, 0.3) is 10.8 Å². The van der Waals surface area contributed by atoms with E-state index in [4.69, 9.17) is 5.73 Å². The standard InChI is InChI=1S/C20H17IN2O2/c21-15-10-8-13(9-11-15)12-18(19(22)24)23-20(25)17-7-3-5-14-4-1-2-6-16(14)17/h1-11,18H,12H2,(H2,22,24)(H,23,25)/t18-/m1/s1. The Kier molecular flexibility index (Phi) is 5.33. The topological polar surface area (TPSA) is 72.2 Å². The van der Waals surface area contributed by atoms with Gasteiger partial charge in [-0.25, -0.2) is 0 Å². The van der Waals surface area contributed by atoms with Crippen LogP contribution in [0.4, 0.5) is 0 Å². The molecule has 0 unspecified atom stereocenters. The van der Waals surface area contributed by atoms with Crippen molar-refractivity contribution in [3.05, 3.63) is 81.4 Å². The lowest BCUT2D eigenvalue weighted by molar-refractivity contribution is -0.119. The fourth-order valence-corrected chi connectivity index (χ4v) is 3.10. The van der Waals surface area contributed by atoms with Crippen molar-refractivity contribution < 1.29 is 9.59 Å². The Morgan fingerprint density at radius 3 is 2.36 bits per heavy atom. The summed E-state index contributed by atoms with van der Waals surface area (Å²) in [6.07, 6.45) is 0.364. The number of nitrogens with two attached hydrogens (primary N) is 1. The summed E-state index contributed by atoms with van der Waals surface area (Å²) in [5.74, 6) is -0.849. The maximum absolute atomic E-state index is 12.7. The van der Waals surface area contributed by atoms with E-state index in [1.165, 1.54) is 0 Å². The highest BCUT2D eigenvalue weighted by Crippen LogP contribution is 2.18. The molecule has 0 saturated heterocycles. The quantitative estimate of drug-likeness (QED) is 0.593. The highest BCUT2D eigenvalue weighted by Gasteiger charge is 2.20. The second-order valence-corrected chi connectivity index (χ2v) is 7.03. The smallest absolute Gasteiger partial charge is 0.252 e. The molecular weight excluding hydrogens is 427 g/mol. The van der Waals surface area contributed by atoms with E-state index in [1.54, 1.807) is 6.07 Å². The lowest BCUT2D eigenvalue weighted by Gasteiger charge is -2.16. The van der Waals surface area contributed by atoms with Crippen LogP contribution < -0.4 is 11.1 Å². The van der Waals surface area contributed by atoms with Gasteiger partial charge in [0.25, 0.3) is 5.91 Å². The summed E-state index contributed by atoms with van der Waals surface area (Å²) in [7, 11) is 0. The Hall–Kier alpha value is -2.41. The fourth-order valence-electron chi connectivity index (χ4n) is 2.74. The van der Waals surface area contributed by atoms with Gasteiger partial charge in [0.15, 0.2) is 0 Å². The third kappa shape index (κ3) is 4.17. The zero-order valence-corrected chi connectivity index (χ0v) is 15.6. The van der Waals surface area contributed by atoms with Gasteiger partial charge in [-0.05, 0) is 57.1 Å². The zero-order chi connectivity index (χ0) is 17.8. The first-order chi connectivity index (χ1) is 12.0. The lowest BCUT2D eigenvalue weighted by atomic mass is 10.0. The Balaban J connectivity index is 1.83. The van der Waals surface area contributed by atoms with Crippen molar-refractivity contribution in [1.29, 1.82) is 0 Å². The van der Waals surface area contributed by atoms with Gasteiger partial charge in [-0.2, -0.15) is 0 Å². The van der Waals surface area contributed by atoms with Gasteiger partial charge < -0.3 is 11.1 Å². The molecule has 5 heteroatoms. The summed E-state index contributed by atoms with van der Waals surface area (Å²) >= 11 is 2.22. The Bertz CT molecular complexity index is 917. The average Bonchev–Trinajstić information content (AvgIpc) is 2.62. The van der Waals surface area contributed by atoms with Crippen molar-refractivity contribution in [2.75, 3.05) is 0 Å². The summed E-state index contributed by atoms with van der Waals surface area (Å²) in [6, 6.07) is 20.2. The molecule has 2 amide bonds. The summed E-state index contributed by atoms with van der Waals surface area (Å²) in [4.78, 5) is 24.5. The van der Waals surface area contributed by atoms with Gasteiger partial charge in [-0.3, -0.25) is 9.59 Å². The number of hydrogen-bond donors (Lipinski definition) is 2. The van der Waals surface area contributed by atoms with Crippen LogP contribution in [0, 0.1) is 3.57 Å². The van der Waals surface area contributed by atoms with Crippen LogP contribution in [0.3, 0.4) is 0 Å². The molecule has 0 aliphatic heterocycles. The third-order valence-corrected chi connectivity index (χ3v) is 4.76. The molecule has 1 atom stereocenters. The Morgan fingerprint density at radius 2 is 1.64 bits per heavy atom. The van der Waals surface area contributed by atoms with Crippen LogP contribution in [-0.2, 0) is 11.2 Å². The van der Waals surface area contributed by atoms with Crippen molar-refractivity contribution in [2.45, 2.75) is 12.5 Å². The molecule has 0 aliphatic carbocycles. The molecule has 0 saturated carbocycles. The summed E-state index contributed by atoms with van der Waals surface area (Å²) in [5, 5.41) is 4.60. The number of carbonyl (C=O) groups is 2. The number of amides is 2. The van der Waals surface area contributed by atoms with Gasteiger partial charge in [0.1, 0.15) is 6.04 Å². The van der Waals surface area contributed by atoms with Crippen LogP contribution in [-0.4, -0.2) is 17.9 Å². The number of halogens is 1. The van der Waals surface area contributed by atoms with Crippen LogP contribution >= 0.6 is 22.6 Å². The summed E-state index contributed by atoms with van der Waals surface area (Å²) in [6.45, 7) is 0. The molecule has 25 heavy (non-hydrogen) atoms. The van der Waals surface area contributed by atoms with Gasteiger partial charge in [-0.1, -0.05) is 48.5 Å². The van der Waals surface area contributed by atoms with Crippen molar-refractivity contribution in [3.63, 3.8) is 0 Å². The van der Waals surface area contributed by atoms with Gasteiger partial charge in [0.2, 0.25) is 5.91 Å². The molecule has 0 heterocycles. The van der Waals surface area contributed by atoms with Crippen molar-refractivity contribution >= 4 is 45.2 Å². The molecular formula is C20H17IN2O2. The molecule has 0 bridgehead atoms. The van der Waals surface area contributed by atoms with E-state index >= 15 is 0 Å². The minimum absolute atomic E-state index is 0.300. The van der Waals surface area contributed by atoms with Gasteiger partial charge in [-0.15, -0.1) is 0 Å². The van der Waals surface area contributed by atoms with Gasteiger partial charge in [0, 0.05) is 15.6 Å². The van der Waals surface area contributed by atoms with E-state index in [0.717, 1.165) is 19.9 Å². The van der Waals surface area contributed by atoms with Crippen LogP contribution in [0.15, 0.2) is 66.7 Å². The maximum Gasteiger partial charge on any atom is 0.252 e. The number of nitrogens with one attached hydrogen (secondary N) is 1. The fraction of sp³-hybridized carbons (Fsp3) is 0.100. The van der Waals surface area contributed by atoms with E-state index in [0.29, 0.717) is 12.0 Å². The van der Waals surface area contributed by atoms with E-state index in [2.05, 4.69) is 27.9 Å². The highest BCUT2D eigenvalue weighted by molar-refractivity contribution is 14.1. The minimum atomic E-state index is -0.758. The molecule has 0 fully saturated rings. The third-order valence-electron chi connectivity index (χ3n) is 4.04. The van der Waals surface area contributed by atoms with E-state index in [-0.39, 0.29) is 5.91 Å². The minimum Gasteiger partial charge on any atom is -0.368 e. The number of primary amides is 1. The van der Waals surface area contributed by atoms with E-state index in [9.17, 15) is 9.59 Å². The molecule has 3 aromatic rings. The molecule has 0 aliphatic rings. The molecule has 3 aromatic carbocycles. The summed E-state index contributed by atoms with van der Waals surface area (Å²) < 4.78 is 1.11. The second kappa shape index (κ2) is 7.65. The summed E-state index contributed by atoms with van der Waals surface area (Å²) in [5.41, 5.74) is 6.98. The molecule has 0 aromatic heterocycles. The largest absolute Gasteiger partial charge is 0.368 e. The molecule has 3 rings (SSSR count). The molecule has 4 nitrogen and oxygen atoms in total. The van der Waals surface area contributed by atoms with Crippen molar-refractivity contribution in [3.8, 4) is 0 Å². The number of fused-ring (bicyclic) bond motifs is 1. The van der Waals surface area contributed by atoms with Crippen LogP contribution in [0.5, 0.6) is 0 Å². The number of benzene rings is 3. The SMILES string of the molecule is NC(=O)[C@@H](Cc1ccc(I)cc1)NC(=O)c1cccc2ccccc12. The predicted octanol–water partition coefficient (Wildman–Crippen LogP) is 3.27. The highest BCUT2D eigenvalue weighted by atomic mass is 127. The lowest BCUT2D eigenvalue weighted by Crippen LogP contribution is -2.45. The first-order valence-electron chi connectivity index (χ1n) is 7.87. The van der Waals surface area contributed by atoms with E-state index < -0.39 is 11.9 Å². The van der Waals surface area contributed by atoms with Crippen molar-refractivity contribution in [2.24, 2.45) is 5.73 Å². The molecule has 126 valence electrons. The first kappa shape index (κ1) is 17.4. The predicted molar refractivity (Wildman–Crippen MR) is 107 cm³/mol. The van der Waals surface area contributed by atoms with Crippen LogP contribution in [0.2, 0.25) is 0 Å². The zero-order valence-electron chi connectivity index (χ0n) is 13.4. The number of rotatable bonds is 5. The molecule has 0 radical (unpaired) electrons. The van der Waals surface area contributed by atoms with Gasteiger partial charge >= 0.3 is 0 Å². The average molecular weight is 444 g/mol. The first-order valence-corrected chi connectivity index (χ1v) is 8.95. The number of carbonyl (C=O) groups excluding carboxylic acids is 2. The van der Waals surface area contributed by atoms with E-state index in [1.807, 2.05) is 60.7 Å². The Labute approximate surface area is 159 Å². The second-order valence-electron chi connectivity index (χ2n) is 5.79. The van der Waals surface area contributed by atoms with Gasteiger partial charge in [0.05, 0.1) is 0 Å². The number of hydrogen-bond acceptors (Lipinski definition) is 2. The Morgan fingerprint density at radius 1 is 0.960 bits per heavy atom. The maximum atomic E-state index is 12.7. The molecule has 0 spiro atoms. The monoisotopic (exact) mass is 444 g/mol. The van der Waals surface area contributed by atoms with Crippen LogP contribution in [0.1, 0.15) is 15.9 Å². The van der Waals surface area contributed by atoms with Crippen molar-refractivity contribution in [1.82, 2.24) is 5.32 Å². The molecule has 3 N–H and O–H groups in total.